The van der Waals surface area contributed by atoms with Crippen molar-refractivity contribution in [2.75, 3.05) is 19.6 Å². The van der Waals surface area contributed by atoms with E-state index in [2.05, 4.69) is 6.58 Å². The van der Waals surface area contributed by atoms with Crippen LogP contribution in [-0.2, 0) is 4.74 Å². The second-order valence-corrected chi connectivity index (χ2v) is 2.76. The van der Waals surface area contributed by atoms with Crippen molar-refractivity contribution in [3.8, 4) is 0 Å². The molecule has 68 valence electrons. The van der Waals surface area contributed by atoms with Gasteiger partial charge in [0.2, 0.25) is 0 Å². The lowest BCUT2D eigenvalue weighted by molar-refractivity contribution is 0.0327. The summed E-state index contributed by atoms with van der Waals surface area (Å²) in [6, 6.07) is 0. The predicted octanol–water partition coefficient (Wildman–Crippen LogP) is 0.342. The highest BCUT2D eigenvalue weighted by atomic mass is 16.6. The summed E-state index contributed by atoms with van der Waals surface area (Å²) in [6.07, 6.45) is 2.12. The van der Waals surface area contributed by atoms with E-state index in [1.54, 1.807) is 11.0 Å². The van der Waals surface area contributed by atoms with Crippen molar-refractivity contribution in [2.24, 2.45) is 5.73 Å². The van der Waals surface area contributed by atoms with Gasteiger partial charge in [-0.1, -0.05) is 6.08 Å². The maximum absolute atomic E-state index is 11.2. The summed E-state index contributed by atoms with van der Waals surface area (Å²) in [5.41, 5.74) is 5.37. The van der Waals surface area contributed by atoms with E-state index < -0.39 is 0 Å². The maximum atomic E-state index is 11.2. The largest absolute Gasteiger partial charge is 0.445 e. The smallest absolute Gasteiger partial charge is 0.410 e. The Morgan fingerprint density at radius 3 is 3.08 bits per heavy atom. The van der Waals surface area contributed by atoms with Crippen LogP contribution < -0.4 is 5.73 Å². The molecule has 1 rings (SSSR count). The molecule has 0 spiro atoms. The van der Waals surface area contributed by atoms with E-state index in [4.69, 9.17) is 10.5 Å². The predicted molar refractivity (Wildman–Crippen MR) is 45.7 cm³/mol. The van der Waals surface area contributed by atoms with Crippen molar-refractivity contribution in [1.29, 1.82) is 0 Å². The molecule has 1 atom stereocenters. The van der Waals surface area contributed by atoms with Crippen LogP contribution in [0.4, 0.5) is 4.79 Å². The molecular formula is C8H14N2O2. The van der Waals surface area contributed by atoms with E-state index in [9.17, 15) is 4.79 Å². The third-order valence-electron chi connectivity index (χ3n) is 1.86. The molecule has 4 heteroatoms. The lowest BCUT2D eigenvalue weighted by Crippen LogP contribution is -2.44. The molecule has 1 aliphatic heterocycles. The van der Waals surface area contributed by atoms with E-state index in [1.165, 1.54) is 0 Å². The highest BCUT2D eigenvalue weighted by Crippen LogP contribution is 2.10. The van der Waals surface area contributed by atoms with E-state index in [-0.39, 0.29) is 12.2 Å². The number of cyclic esters (lactones) is 1. The molecule has 0 aliphatic carbocycles. The Bertz CT molecular complexity index is 182. The molecule has 1 saturated heterocycles. The summed E-state index contributed by atoms with van der Waals surface area (Å²) in [5.74, 6) is 0. The third kappa shape index (κ3) is 1.98. The fraction of sp³-hybridized carbons (Fsp3) is 0.625. The van der Waals surface area contributed by atoms with E-state index >= 15 is 0 Å². The Morgan fingerprint density at radius 2 is 2.58 bits per heavy atom. The van der Waals surface area contributed by atoms with Crippen LogP contribution in [0.2, 0.25) is 0 Å². The second kappa shape index (κ2) is 4.11. The number of hydrogen-bond donors (Lipinski definition) is 1. The fourth-order valence-corrected chi connectivity index (χ4v) is 1.15. The molecule has 1 aliphatic rings. The van der Waals surface area contributed by atoms with Crippen LogP contribution in [0, 0.1) is 0 Å². The zero-order chi connectivity index (χ0) is 8.97. The normalized spacial score (nSPS) is 23.6. The van der Waals surface area contributed by atoms with Crippen LogP contribution in [0.25, 0.3) is 0 Å². The molecule has 0 saturated carbocycles. The maximum Gasteiger partial charge on any atom is 0.410 e. The molecule has 0 aromatic rings. The molecule has 0 radical (unpaired) electrons. The van der Waals surface area contributed by atoms with Crippen LogP contribution in [0.5, 0.6) is 0 Å². The van der Waals surface area contributed by atoms with Crippen LogP contribution in [0.3, 0.4) is 0 Å². The lowest BCUT2D eigenvalue weighted by atomic mass is 10.2. The third-order valence-corrected chi connectivity index (χ3v) is 1.86. The molecular weight excluding hydrogens is 156 g/mol. The van der Waals surface area contributed by atoms with Gasteiger partial charge in [-0.3, -0.25) is 0 Å². The SMILES string of the molecule is C=CCN1CCC(CN)OC1=O. The average Bonchev–Trinajstić information content (AvgIpc) is 2.09. The van der Waals surface area contributed by atoms with Gasteiger partial charge in [-0.25, -0.2) is 4.79 Å². The number of amides is 1. The number of carbonyl (C=O) groups is 1. The summed E-state index contributed by atoms with van der Waals surface area (Å²) in [5, 5.41) is 0. The standard InChI is InChI=1S/C8H14N2O2/c1-2-4-10-5-3-7(6-9)12-8(10)11/h2,7H,1,3-6,9H2. The summed E-state index contributed by atoms with van der Waals surface area (Å²) >= 11 is 0. The average molecular weight is 170 g/mol. The van der Waals surface area contributed by atoms with Gasteiger partial charge in [0, 0.05) is 26.1 Å². The van der Waals surface area contributed by atoms with Crippen molar-refractivity contribution >= 4 is 6.09 Å². The quantitative estimate of drug-likeness (QED) is 0.621. The minimum absolute atomic E-state index is 0.0986. The van der Waals surface area contributed by atoms with Gasteiger partial charge in [0.1, 0.15) is 6.10 Å². The molecule has 1 unspecified atom stereocenters. The Balaban J connectivity index is 2.42. The molecule has 4 nitrogen and oxygen atoms in total. The molecule has 0 aromatic carbocycles. The molecule has 0 aromatic heterocycles. The van der Waals surface area contributed by atoms with Crippen LogP contribution in [0.1, 0.15) is 6.42 Å². The summed E-state index contributed by atoms with van der Waals surface area (Å²) < 4.78 is 5.01. The highest BCUT2D eigenvalue weighted by Gasteiger charge is 2.24. The number of rotatable bonds is 3. The minimum Gasteiger partial charge on any atom is -0.445 e. The monoisotopic (exact) mass is 170 g/mol. The Labute approximate surface area is 72.0 Å². The molecule has 12 heavy (non-hydrogen) atoms. The van der Waals surface area contributed by atoms with Gasteiger partial charge >= 0.3 is 6.09 Å². The van der Waals surface area contributed by atoms with Gasteiger partial charge in [-0.2, -0.15) is 0 Å². The number of hydrogen-bond acceptors (Lipinski definition) is 3. The first kappa shape index (κ1) is 9.06. The van der Waals surface area contributed by atoms with Gasteiger partial charge in [-0.05, 0) is 0 Å². The van der Waals surface area contributed by atoms with Gasteiger partial charge in [0.05, 0.1) is 0 Å². The second-order valence-electron chi connectivity index (χ2n) is 2.76. The Hall–Kier alpha value is -1.03. The summed E-state index contributed by atoms with van der Waals surface area (Å²) in [7, 11) is 0. The molecule has 1 amide bonds. The van der Waals surface area contributed by atoms with Crippen LogP contribution in [-0.4, -0.2) is 36.7 Å². The fourth-order valence-electron chi connectivity index (χ4n) is 1.15. The first-order chi connectivity index (χ1) is 5.77. The van der Waals surface area contributed by atoms with E-state index in [0.29, 0.717) is 19.6 Å². The van der Waals surface area contributed by atoms with Crippen molar-refractivity contribution in [2.45, 2.75) is 12.5 Å². The molecule has 1 fully saturated rings. The van der Waals surface area contributed by atoms with Crippen LogP contribution >= 0.6 is 0 Å². The van der Waals surface area contributed by atoms with E-state index in [0.717, 1.165) is 6.42 Å². The van der Waals surface area contributed by atoms with Gasteiger partial charge in [0.15, 0.2) is 0 Å². The van der Waals surface area contributed by atoms with Crippen molar-refractivity contribution < 1.29 is 9.53 Å². The van der Waals surface area contributed by atoms with Crippen molar-refractivity contribution in [1.82, 2.24) is 4.90 Å². The van der Waals surface area contributed by atoms with Gasteiger partial charge in [0.25, 0.3) is 0 Å². The number of nitrogens with two attached hydrogens (primary N) is 1. The Morgan fingerprint density at radius 1 is 1.83 bits per heavy atom. The van der Waals surface area contributed by atoms with Crippen LogP contribution in [0.15, 0.2) is 12.7 Å². The summed E-state index contributed by atoms with van der Waals surface area (Å²) in [4.78, 5) is 12.8. The zero-order valence-electron chi connectivity index (χ0n) is 7.03. The zero-order valence-corrected chi connectivity index (χ0v) is 7.03. The topological polar surface area (TPSA) is 55.6 Å². The first-order valence-corrected chi connectivity index (χ1v) is 4.04. The van der Waals surface area contributed by atoms with E-state index in [1.807, 2.05) is 0 Å². The minimum atomic E-state index is -0.281. The number of carbonyl (C=O) groups excluding carboxylic acids is 1. The molecule has 1 heterocycles. The molecule has 2 N–H and O–H groups in total. The number of nitrogens with zero attached hydrogens (tertiary/aromatic N) is 1. The van der Waals surface area contributed by atoms with Gasteiger partial charge in [-0.15, -0.1) is 6.58 Å². The summed E-state index contributed by atoms with van der Waals surface area (Å²) in [6.45, 7) is 5.23. The first-order valence-electron chi connectivity index (χ1n) is 4.04. The molecule has 0 bridgehead atoms. The lowest BCUT2D eigenvalue weighted by Gasteiger charge is -2.30. The van der Waals surface area contributed by atoms with Crippen molar-refractivity contribution in [3.05, 3.63) is 12.7 Å². The Kier molecular flexibility index (Phi) is 3.10. The number of ether oxygens (including phenoxy) is 1. The highest BCUT2D eigenvalue weighted by molar-refractivity contribution is 5.68. The van der Waals surface area contributed by atoms with Gasteiger partial charge < -0.3 is 15.4 Å². The van der Waals surface area contributed by atoms with Crippen molar-refractivity contribution in [3.63, 3.8) is 0 Å².